The zero-order valence-electron chi connectivity index (χ0n) is 17.1. The van der Waals surface area contributed by atoms with Gasteiger partial charge in [-0.05, 0) is 24.6 Å². The van der Waals surface area contributed by atoms with E-state index in [4.69, 9.17) is 4.74 Å². The van der Waals surface area contributed by atoms with Crippen LogP contribution >= 0.6 is 0 Å². The minimum atomic E-state index is -3.27. The topological polar surface area (TPSA) is 137 Å². The highest BCUT2D eigenvalue weighted by Crippen LogP contribution is 2.25. The van der Waals surface area contributed by atoms with Crippen molar-refractivity contribution >= 4 is 17.8 Å². The van der Waals surface area contributed by atoms with Gasteiger partial charge in [-0.1, -0.05) is 6.07 Å². The van der Waals surface area contributed by atoms with E-state index < -0.39 is 54.1 Å². The number of carboxylic acid groups (broad SMARTS) is 1. The van der Waals surface area contributed by atoms with Crippen LogP contribution in [0.2, 0.25) is 0 Å². The number of benzene rings is 1. The van der Waals surface area contributed by atoms with Crippen molar-refractivity contribution < 1.29 is 47.2 Å². The smallest absolute Gasteiger partial charge is 0.387 e. The van der Waals surface area contributed by atoms with Crippen molar-refractivity contribution in [2.45, 2.75) is 31.7 Å². The van der Waals surface area contributed by atoms with Crippen LogP contribution < -0.4 is 15.4 Å². The zero-order valence-corrected chi connectivity index (χ0v) is 17.1. The van der Waals surface area contributed by atoms with Gasteiger partial charge >= 0.3 is 12.6 Å². The Balaban J connectivity index is 1.99. The summed E-state index contributed by atoms with van der Waals surface area (Å²) in [4.78, 5) is 37.8. The first-order valence-corrected chi connectivity index (χ1v) is 9.63. The first-order chi connectivity index (χ1) is 15.1. The summed E-state index contributed by atoms with van der Waals surface area (Å²) in [6.07, 6.45) is -1.91. The molecule has 0 radical (unpaired) electrons. The van der Waals surface area contributed by atoms with Crippen LogP contribution in [-0.4, -0.2) is 84.4 Å². The fourth-order valence-electron chi connectivity index (χ4n) is 2.95. The average Bonchev–Trinajstić information content (AvgIpc) is 2.72. The molecule has 13 heteroatoms. The van der Waals surface area contributed by atoms with E-state index in [0.29, 0.717) is 32.4 Å². The number of carboxylic acids is 1. The Kier molecular flexibility index (Phi) is 9.23. The maximum absolute atomic E-state index is 13.9. The molecule has 0 bridgehead atoms. The third kappa shape index (κ3) is 7.35. The van der Waals surface area contributed by atoms with E-state index in [1.54, 1.807) is 0 Å². The van der Waals surface area contributed by atoms with Crippen molar-refractivity contribution in [3.8, 4) is 5.75 Å². The average molecular weight is 463 g/mol. The first-order valence-electron chi connectivity index (χ1n) is 9.63. The molecular formula is C19H24F3N3O7. The van der Waals surface area contributed by atoms with Gasteiger partial charge in [0.15, 0.2) is 17.6 Å². The summed E-state index contributed by atoms with van der Waals surface area (Å²) in [5.41, 5.74) is -0.291. The molecule has 1 aliphatic rings. The minimum absolute atomic E-state index is 0.0261. The summed E-state index contributed by atoms with van der Waals surface area (Å²) in [6.45, 7) is 0.157. The van der Waals surface area contributed by atoms with Crippen molar-refractivity contribution in [2.75, 3.05) is 32.8 Å². The molecule has 10 nitrogen and oxygen atoms in total. The highest BCUT2D eigenvalue weighted by atomic mass is 19.3. The number of alkyl halides is 2. The third-order valence-corrected chi connectivity index (χ3v) is 4.63. The van der Waals surface area contributed by atoms with Crippen LogP contribution in [0.1, 0.15) is 18.6 Å². The number of halogens is 3. The van der Waals surface area contributed by atoms with E-state index in [1.807, 2.05) is 4.90 Å². The molecule has 0 unspecified atom stereocenters. The second-order valence-corrected chi connectivity index (χ2v) is 7.02. The summed E-state index contributed by atoms with van der Waals surface area (Å²) in [7, 11) is 0. The molecule has 4 N–H and O–H groups in total. The molecule has 1 aromatic rings. The van der Waals surface area contributed by atoms with Gasteiger partial charge in [-0.2, -0.15) is 8.78 Å². The minimum Gasteiger partial charge on any atom is -0.480 e. The van der Waals surface area contributed by atoms with E-state index in [2.05, 4.69) is 15.4 Å². The molecule has 0 saturated carbocycles. The van der Waals surface area contributed by atoms with Crippen molar-refractivity contribution in [3.63, 3.8) is 0 Å². The van der Waals surface area contributed by atoms with Crippen LogP contribution in [0, 0.1) is 5.82 Å². The molecule has 1 heterocycles. The molecule has 178 valence electrons. The van der Waals surface area contributed by atoms with Gasteiger partial charge < -0.3 is 30.3 Å². The van der Waals surface area contributed by atoms with Crippen LogP contribution in [0.3, 0.4) is 0 Å². The Morgan fingerprint density at radius 3 is 2.44 bits per heavy atom. The molecule has 0 aliphatic carbocycles. The van der Waals surface area contributed by atoms with E-state index in [-0.39, 0.29) is 12.1 Å². The Hall–Kier alpha value is -2.90. The van der Waals surface area contributed by atoms with Gasteiger partial charge in [0.1, 0.15) is 12.1 Å². The number of nitrogens with one attached hydrogen (secondary N) is 2. The number of nitrogens with zero attached hydrogens (tertiary/aromatic N) is 1. The van der Waals surface area contributed by atoms with Crippen molar-refractivity contribution in [2.24, 2.45) is 0 Å². The van der Waals surface area contributed by atoms with Crippen LogP contribution in [0.5, 0.6) is 5.75 Å². The van der Waals surface area contributed by atoms with E-state index >= 15 is 0 Å². The molecule has 0 aromatic heterocycles. The molecule has 0 spiro atoms. The van der Waals surface area contributed by atoms with Crippen LogP contribution in [0.25, 0.3) is 0 Å². The van der Waals surface area contributed by atoms with Crippen LogP contribution in [-0.2, 0) is 19.1 Å². The molecular weight excluding hydrogens is 439 g/mol. The van der Waals surface area contributed by atoms with Gasteiger partial charge in [-0.25, -0.2) is 9.18 Å². The lowest BCUT2D eigenvalue weighted by molar-refractivity contribution is -0.145. The second kappa shape index (κ2) is 11.6. The molecule has 1 aromatic carbocycles. The number of rotatable bonds is 10. The largest absolute Gasteiger partial charge is 0.480 e. The Morgan fingerprint density at radius 2 is 1.88 bits per heavy atom. The molecule has 2 amide bonds. The first kappa shape index (κ1) is 25.4. The number of hydrogen-bond donors (Lipinski definition) is 4. The predicted molar refractivity (Wildman–Crippen MR) is 102 cm³/mol. The Morgan fingerprint density at radius 1 is 1.22 bits per heavy atom. The summed E-state index contributed by atoms with van der Waals surface area (Å²) in [5.74, 6) is -5.03. The lowest BCUT2D eigenvalue weighted by Crippen LogP contribution is -2.53. The number of amides is 2. The van der Waals surface area contributed by atoms with Gasteiger partial charge in [0.05, 0.1) is 19.8 Å². The maximum Gasteiger partial charge on any atom is 0.387 e. The van der Waals surface area contributed by atoms with E-state index in [0.717, 1.165) is 12.1 Å². The van der Waals surface area contributed by atoms with E-state index in [9.17, 15) is 37.8 Å². The van der Waals surface area contributed by atoms with Gasteiger partial charge in [-0.15, -0.1) is 0 Å². The van der Waals surface area contributed by atoms with Gasteiger partial charge in [0.2, 0.25) is 11.8 Å². The second-order valence-electron chi connectivity index (χ2n) is 7.02. The molecule has 2 rings (SSSR count). The summed E-state index contributed by atoms with van der Waals surface area (Å²) < 4.78 is 47.5. The standard InChI is InChI=1S/C19H24F3N3O7/c1-10(23-14(26)9-25-4-6-31-7-5-25)17(28)24-15(18(29)30)16(27)11-2-3-13(12(20)8-11)32-19(21)22/h2-3,8,10,15-16,19,27H,4-7,9H2,1H3,(H,23,26)(H,24,28)(H,29,30)/t10-,15-,16+/m0/s1. The third-order valence-electron chi connectivity index (χ3n) is 4.63. The molecule has 3 atom stereocenters. The van der Waals surface area contributed by atoms with Crippen LogP contribution in [0.4, 0.5) is 13.2 Å². The number of morpholine rings is 1. The fourth-order valence-corrected chi connectivity index (χ4v) is 2.95. The molecule has 32 heavy (non-hydrogen) atoms. The SMILES string of the molecule is C[C@H](NC(=O)CN1CCOCC1)C(=O)N[C@H](C(=O)O)[C@H](O)c1ccc(OC(F)F)c(F)c1. The highest BCUT2D eigenvalue weighted by molar-refractivity contribution is 5.90. The van der Waals surface area contributed by atoms with Crippen molar-refractivity contribution in [1.29, 1.82) is 0 Å². The summed E-state index contributed by atoms with van der Waals surface area (Å²) >= 11 is 0. The molecule has 1 saturated heterocycles. The van der Waals surface area contributed by atoms with Gasteiger partial charge in [-0.3, -0.25) is 14.5 Å². The maximum atomic E-state index is 13.9. The Labute approximate surface area is 181 Å². The number of aliphatic hydroxyl groups excluding tert-OH is 1. The molecule has 1 fully saturated rings. The fraction of sp³-hybridized carbons (Fsp3) is 0.526. The van der Waals surface area contributed by atoms with Crippen molar-refractivity contribution in [3.05, 3.63) is 29.6 Å². The highest BCUT2D eigenvalue weighted by Gasteiger charge is 2.32. The lowest BCUT2D eigenvalue weighted by atomic mass is 10.0. The number of carbonyl (C=O) groups is 3. The van der Waals surface area contributed by atoms with Crippen molar-refractivity contribution in [1.82, 2.24) is 15.5 Å². The normalized spacial score (nSPS) is 17.3. The zero-order chi connectivity index (χ0) is 23.8. The molecule has 1 aliphatic heterocycles. The number of aliphatic carboxylic acids is 1. The number of hydrogen-bond acceptors (Lipinski definition) is 7. The number of carbonyl (C=O) groups excluding carboxylic acids is 2. The predicted octanol–water partition coefficient (Wildman–Crippen LogP) is -0.133. The lowest BCUT2D eigenvalue weighted by Gasteiger charge is -2.27. The quantitative estimate of drug-likeness (QED) is 0.377. The number of ether oxygens (including phenoxy) is 2. The summed E-state index contributed by atoms with van der Waals surface area (Å²) in [5, 5.41) is 24.2. The van der Waals surface area contributed by atoms with Gasteiger partial charge in [0.25, 0.3) is 0 Å². The Bertz CT molecular complexity index is 821. The van der Waals surface area contributed by atoms with Crippen LogP contribution in [0.15, 0.2) is 18.2 Å². The number of aliphatic hydroxyl groups is 1. The van der Waals surface area contributed by atoms with E-state index in [1.165, 1.54) is 6.92 Å². The summed E-state index contributed by atoms with van der Waals surface area (Å²) in [6, 6.07) is -0.618. The monoisotopic (exact) mass is 463 g/mol. The van der Waals surface area contributed by atoms with Gasteiger partial charge in [0, 0.05) is 13.1 Å².